The van der Waals surface area contributed by atoms with Gasteiger partial charge in [-0.25, -0.2) is 4.98 Å². The second kappa shape index (κ2) is 5.03. The molecule has 2 heteroatoms. The highest BCUT2D eigenvalue weighted by Crippen LogP contribution is 2.28. The highest BCUT2D eigenvalue weighted by molar-refractivity contribution is 5.80. The Hall–Kier alpha value is -2.09. The first-order valence-corrected chi connectivity index (χ1v) is 7.57. The summed E-state index contributed by atoms with van der Waals surface area (Å²) in [6.07, 6.45) is 0. The largest absolute Gasteiger partial charge is 0.324 e. The Morgan fingerprint density at radius 3 is 2.24 bits per heavy atom. The van der Waals surface area contributed by atoms with E-state index in [1.807, 2.05) is 6.07 Å². The van der Waals surface area contributed by atoms with Crippen LogP contribution in [0.2, 0.25) is 0 Å². The maximum atomic E-state index is 4.81. The van der Waals surface area contributed by atoms with E-state index in [1.54, 1.807) is 0 Å². The maximum absolute atomic E-state index is 4.81. The zero-order chi connectivity index (χ0) is 15.0. The molecule has 0 saturated heterocycles. The fourth-order valence-corrected chi connectivity index (χ4v) is 2.74. The molecule has 0 aliphatic rings. The van der Waals surface area contributed by atoms with Gasteiger partial charge in [-0.05, 0) is 30.0 Å². The highest BCUT2D eigenvalue weighted by atomic mass is 15.1. The molecule has 0 unspecified atom stereocenters. The van der Waals surface area contributed by atoms with Crippen molar-refractivity contribution in [2.45, 2.75) is 39.7 Å². The number of hydrogen-bond donors (Lipinski definition) is 0. The van der Waals surface area contributed by atoms with Crippen molar-refractivity contribution in [3.05, 3.63) is 54.1 Å². The smallest absolute Gasteiger partial charge is 0.141 e. The number of aromatic nitrogens is 2. The molecule has 0 amide bonds. The van der Waals surface area contributed by atoms with Gasteiger partial charge in [-0.1, -0.05) is 57.2 Å². The van der Waals surface area contributed by atoms with E-state index in [1.165, 1.54) is 16.6 Å². The number of para-hydroxylation sites is 2. The zero-order valence-electron chi connectivity index (χ0n) is 13.2. The molecule has 0 radical (unpaired) electrons. The van der Waals surface area contributed by atoms with Crippen LogP contribution in [0, 0.1) is 0 Å². The van der Waals surface area contributed by atoms with Crippen LogP contribution < -0.4 is 0 Å². The lowest BCUT2D eigenvalue weighted by molar-refractivity contribution is 0.590. The molecule has 2 nitrogen and oxygen atoms in total. The SMILES string of the molecule is CCn1c(-c2ccc(C(C)(C)C)cc2)nc2ccccc21. The van der Waals surface area contributed by atoms with Gasteiger partial charge in [-0.2, -0.15) is 0 Å². The van der Waals surface area contributed by atoms with E-state index in [9.17, 15) is 0 Å². The fourth-order valence-electron chi connectivity index (χ4n) is 2.74. The molecule has 2 aromatic carbocycles. The number of fused-ring (bicyclic) bond motifs is 1. The van der Waals surface area contributed by atoms with Crippen molar-refractivity contribution < 1.29 is 0 Å². The molecule has 1 aromatic heterocycles. The van der Waals surface area contributed by atoms with E-state index in [4.69, 9.17) is 4.98 Å². The molecule has 3 aromatic rings. The van der Waals surface area contributed by atoms with Gasteiger partial charge in [0.1, 0.15) is 5.82 Å². The van der Waals surface area contributed by atoms with E-state index in [0.29, 0.717) is 0 Å². The average Bonchev–Trinajstić information content (AvgIpc) is 2.85. The van der Waals surface area contributed by atoms with Crippen LogP contribution in [0.25, 0.3) is 22.4 Å². The van der Waals surface area contributed by atoms with Crippen molar-refractivity contribution in [2.75, 3.05) is 0 Å². The minimum absolute atomic E-state index is 0.184. The normalized spacial score (nSPS) is 12.0. The Labute approximate surface area is 126 Å². The standard InChI is InChI=1S/C19H22N2/c1-5-21-17-9-7-6-8-16(17)20-18(21)14-10-12-15(13-11-14)19(2,3)4/h6-13H,5H2,1-4H3. The van der Waals surface area contributed by atoms with Crippen molar-refractivity contribution >= 4 is 11.0 Å². The average molecular weight is 278 g/mol. The van der Waals surface area contributed by atoms with Gasteiger partial charge in [-0.3, -0.25) is 0 Å². The molecule has 0 N–H and O–H groups in total. The zero-order valence-corrected chi connectivity index (χ0v) is 13.2. The third-order valence-electron chi connectivity index (χ3n) is 3.98. The number of imidazole rings is 1. The van der Waals surface area contributed by atoms with Crippen LogP contribution in [0.1, 0.15) is 33.3 Å². The summed E-state index contributed by atoms with van der Waals surface area (Å²) in [5, 5.41) is 0. The van der Waals surface area contributed by atoms with Crippen molar-refractivity contribution in [3.8, 4) is 11.4 Å². The predicted octanol–water partition coefficient (Wildman–Crippen LogP) is 5.02. The second-order valence-electron chi connectivity index (χ2n) is 6.50. The van der Waals surface area contributed by atoms with E-state index in [2.05, 4.69) is 74.7 Å². The molecule has 1 heterocycles. The molecule has 3 rings (SSSR count). The number of hydrogen-bond acceptors (Lipinski definition) is 1. The van der Waals surface area contributed by atoms with Crippen molar-refractivity contribution in [1.29, 1.82) is 0 Å². The van der Waals surface area contributed by atoms with Gasteiger partial charge in [0.25, 0.3) is 0 Å². The van der Waals surface area contributed by atoms with Crippen molar-refractivity contribution in [2.24, 2.45) is 0 Å². The van der Waals surface area contributed by atoms with E-state index < -0.39 is 0 Å². The van der Waals surface area contributed by atoms with E-state index >= 15 is 0 Å². The summed E-state index contributed by atoms with van der Waals surface area (Å²) in [6, 6.07) is 17.1. The molecule has 0 saturated carbocycles. The Morgan fingerprint density at radius 1 is 0.952 bits per heavy atom. The van der Waals surface area contributed by atoms with Gasteiger partial charge < -0.3 is 4.57 Å². The van der Waals surface area contributed by atoms with Gasteiger partial charge in [0.05, 0.1) is 11.0 Å². The Balaban J connectivity index is 2.12. The van der Waals surface area contributed by atoms with Gasteiger partial charge in [-0.15, -0.1) is 0 Å². The molecule has 0 atom stereocenters. The van der Waals surface area contributed by atoms with Gasteiger partial charge >= 0.3 is 0 Å². The molecule has 0 fully saturated rings. The van der Waals surface area contributed by atoms with Crippen LogP contribution in [-0.2, 0) is 12.0 Å². The van der Waals surface area contributed by atoms with Crippen molar-refractivity contribution in [1.82, 2.24) is 9.55 Å². The summed E-state index contributed by atoms with van der Waals surface area (Å²) in [4.78, 5) is 4.81. The lowest BCUT2D eigenvalue weighted by Gasteiger charge is -2.19. The number of benzene rings is 2. The number of aryl methyl sites for hydroxylation is 1. The minimum Gasteiger partial charge on any atom is -0.324 e. The summed E-state index contributed by atoms with van der Waals surface area (Å²) in [6.45, 7) is 9.81. The number of rotatable bonds is 2. The Bertz CT molecular complexity index is 758. The molecule has 0 aliphatic carbocycles. The fraction of sp³-hybridized carbons (Fsp3) is 0.316. The molecule has 0 spiro atoms. The first-order valence-electron chi connectivity index (χ1n) is 7.57. The van der Waals surface area contributed by atoms with Crippen LogP contribution >= 0.6 is 0 Å². The summed E-state index contributed by atoms with van der Waals surface area (Å²) >= 11 is 0. The predicted molar refractivity (Wildman–Crippen MR) is 89.5 cm³/mol. The van der Waals surface area contributed by atoms with Crippen molar-refractivity contribution in [3.63, 3.8) is 0 Å². The summed E-state index contributed by atoms with van der Waals surface area (Å²) in [5.41, 5.74) is 4.99. The van der Waals surface area contributed by atoms with Gasteiger partial charge in [0.2, 0.25) is 0 Å². The molecule has 21 heavy (non-hydrogen) atoms. The summed E-state index contributed by atoms with van der Waals surface area (Å²) < 4.78 is 2.28. The molecule has 0 bridgehead atoms. The first-order chi connectivity index (χ1) is 10.0. The van der Waals surface area contributed by atoms with E-state index in [-0.39, 0.29) is 5.41 Å². The van der Waals surface area contributed by atoms with Crippen LogP contribution in [0.3, 0.4) is 0 Å². The summed E-state index contributed by atoms with van der Waals surface area (Å²) in [7, 11) is 0. The molecule has 108 valence electrons. The highest BCUT2D eigenvalue weighted by Gasteiger charge is 2.15. The third kappa shape index (κ3) is 2.46. The van der Waals surface area contributed by atoms with Gasteiger partial charge in [0, 0.05) is 12.1 Å². The first kappa shape index (κ1) is 13.9. The lowest BCUT2D eigenvalue weighted by Crippen LogP contribution is -2.10. The lowest BCUT2D eigenvalue weighted by atomic mass is 9.87. The quantitative estimate of drug-likeness (QED) is 0.643. The van der Waals surface area contributed by atoms with Gasteiger partial charge in [0.15, 0.2) is 0 Å². The maximum Gasteiger partial charge on any atom is 0.141 e. The second-order valence-corrected chi connectivity index (χ2v) is 6.50. The molecular formula is C19H22N2. The van der Waals surface area contributed by atoms with Crippen LogP contribution in [0.15, 0.2) is 48.5 Å². The topological polar surface area (TPSA) is 17.8 Å². The van der Waals surface area contributed by atoms with E-state index in [0.717, 1.165) is 17.9 Å². The van der Waals surface area contributed by atoms with Crippen LogP contribution in [0.5, 0.6) is 0 Å². The Kier molecular flexibility index (Phi) is 3.32. The van der Waals surface area contributed by atoms with Crippen LogP contribution in [0.4, 0.5) is 0 Å². The monoisotopic (exact) mass is 278 g/mol. The molecule has 0 aliphatic heterocycles. The number of nitrogens with zero attached hydrogens (tertiary/aromatic N) is 2. The third-order valence-corrected chi connectivity index (χ3v) is 3.98. The minimum atomic E-state index is 0.184. The summed E-state index contributed by atoms with van der Waals surface area (Å²) in [5.74, 6) is 1.05. The van der Waals surface area contributed by atoms with Crippen LogP contribution in [-0.4, -0.2) is 9.55 Å². The Morgan fingerprint density at radius 2 is 1.62 bits per heavy atom. The molecular weight excluding hydrogens is 256 g/mol.